The van der Waals surface area contributed by atoms with E-state index in [0.29, 0.717) is 0 Å². The minimum atomic E-state index is -2.83. The minimum absolute atomic E-state index is 0. The molecule has 2 nitrogen and oxygen atoms in total. The molecule has 0 saturated heterocycles. The van der Waals surface area contributed by atoms with Crippen molar-refractivity contribution >= 4 is 12.4 Å². The predicted molar refractivity (Wildman–Crippen MR) is 48.2 cm³/mol. The Morgan fingerprint density at radius 3 is 2.36 bits per heavy atom. The highest BCUT2D eigenvalue weighted by Gasteiger charge is 2.21. The summed E-state index contributed by atoms with van der Waals surface area (Å²) < 4.78 is 36.8. The van der Waals surface area contributed by atoms with Crippen LogP contribution in [0.25, 0.3) is 0 Å². The molecule has 0 unspecified atom stereocenters. The van der Waals surface area contributed by atoms with Crippen LogP contribution in [0.4, 0.5) is 13.2 Å². The summed E-state index contributed by atoms with van der Waals surface area (Å²) in [5.41, 5.74) is 4.75. The van der Waals surface area contributed by atoms with Crippen LogP contribution in [-0.4, -0.2) is 11.5 Å². The lowest BCUT2D eigenvalue weighted by Crippen LogP contribution is -2.19. The first-order valence-electron chi connectivity index (χ1n) is 3.55. The molecule has 1 atom stereocenters. The number of phenols is 1. The topological polar surface area (TPSA) is 46.2 Å². The molecule has 80 valence electrons. The van der Waals surface area contributed by atoms with Crippen LogP contribution in [0.3, 0.4) is 0 Å². The Labute approximate surface area is 84.9 Å². The lowest BCUT2D eigenvalue weighted by atomic mass is 10.1. The lowest BCUT2D eigenvalue weighted by Gasteiger charge is -2.12. The van der Waals surface area contributed by atoms with Gasteiger partial charge in [0.05, 0.1) is 6.04 Å². The van der Waals surface area contributed by atoms with Crippen molar-refractivity contribution < 1.29 is 18.3 Å². The van der Waals surface area contributed by atoms with Crippen molar-refractivity contribution in [3.05, 3.63) is 29.6 Å². The molecular formula is C8H9ClF3NO. The molecule has 0 aliphatic rings. The molecule has 0 aliphatic heterocycles. The van der Waals surface area contributed by atoms with Crippen LogP contribution in [-0.2, 0) is 0 Å². The van der Waals surface area contributed by atoms with Gasteiger partial charge in [0.1, 0.15) is 0 Å². The average Bonchev–Trinajstić information content (AvgIpc) is 2.08. The van der Waals surface area contributed by atoms with Crippen molar-refractivity contribution in [2.75, 3.05) is 0 Å². The largest absolute Gasteiger partial charge is 0.505 e. The molecule has 0 bridgehead atoms. The van der Waals surface area contributed by atoms with Crippen molar-refractivity contribution in [3.63, 3.8) is 0 Å². The second-order valence-corrected chi connectivity index (χ2v) is 2.54. The molecule has 6 heteroatoms. The van der Waals surface area contributed by atoms with Crippen LogP contribution >= 0.6 is 12.4 Å². The summed E-state index contributed by atoms with van der Waals surface area (Å²) in [5.74, 6) is -1.76. The number of aromatic hydroxyl groups is 1. The molecular weight excluding hydrogens is 219 g/mol. The van der Waals surface area contributed by atoms with Gasteiger partial charge in [-0.2, -0.15) is 0 Å². The van der Waals surface area contributed by atoms with Crippen molar-refractivity contribution in [1.29, 1.82) is 0 Å². The maximum Gasteiger partial charge on any atom is 0.257 e. The maximum absolute atomic E-state index is 12.7. The molecule has 1 aromatic rings. The Morgan fingerprint density at radius 2 is 1.86 bits per heavy atom. The van der Waals surface area contributed by atoms with Crippen LogP contribution in [0.15, 0.2) is 18.2 Å². The van der Waals surface area contributed by atoms with Gasteiger partial charge in [0.25, 0.3) is 6.43 Å². The summed E-state index contributed by atoms with van der Waals surface area (Å²) >= 11 is 0. The van der Waals surface area contributed by atoms with E-state index in [1.165, 1.54) is 6.07 Å². The first-order valence-corrected chi connectivity index (χ1v) is 3.55. The molecule has 0 heterocycles. The monoisotopic (exact) mass is 227 g/mol. The Balaban J connectivity index is 0.00000169. The third kappa shape index (κ3) is 2.52. The van der Waals surface area contributed by atoms with Gasteiger partial charge in [0, 0.05) is 5.56 Å². The second-order valence-electron chi connectivity index (χ2n) is 2.54. The van der Waals surface area contributed by atoms with Crippen LogP contribution < -0.4 is 5.73 Å². The highest BCUT2D eigenvalue weighted by Crippen LogP contribution is 2.28. The van der Waals surface area contributed by atoms with E-state index in [9.17, 15) is 13.2 Å². The highest BCUT2D eigenvalue weighted by molar-refractivity contribution is 5.85. The van der Waals surface area contributed by atoms with Gasteiger partial charge in [0.15, 0.2) is 11.6 Å². The first kappa shape index (κ1) is 13.1. The smallest absolute Gasteiger partial charge is 0.257 e. The molecule has 1 rings (SSSR count). The number of nitrogens with two attached hydrogens (primary N) is 1. The quantitative estimate of drug-likeness (QED) is 0.814. The number of phenolic OH excluding ortho intramolecular Hbond substituents is 1. The molecule has 1 aromatic carbocycles. The molecule has 14 heavy (non-hydrogen) atoms. The van der Waals surface area contributed by atoms with Crippen molar-refractivity contribution in [1.82, 2.24) is 0 Å². The Kier molecular flexibility index (Phi) is 4.73. The summed E-state index contributed by atoms with van der Waals surface area (Å²) in [7, 11) is 0. The van der Waals surface area contributed by atoms with E-state index in [4.69, 9.17) is 10.8 Å². The standard InChI is InChI=1S/C8H8F3NO.ClH/c9-5-3-1-2-4(7(5)13)6(12)8(10)11;/h1-3,6,8,13H,12H2;1H/t6-;/m1./s1. The number of halogens is 4. The second kappa shape index (κ2) is 5.07. The van der Waals surface area contributed by atoms with E-state index < -0.39 is 24.0 Å². The van der Waals surface area contributed by atoms with Crippen molar-refractivity contribution in [2.45, 2.75) is 12.5 Å². The van der Waals surface area contributed by atoms with Gasteiger partial charge in [-0.05, 0) is 6.07 Å². The fourth-order valence-corrected chi connectivity index (χ4v) is 0.937. The summed E-state index contributed by atoms with van der Waals surface area (Å²) in [6, 6.07) is 1.69. The van der Waals surface area contributed by atoms with E-state index in [1.54, 1.807) is 0 Å². The number of benzene rings is 1. The third-order valence-electron chi connectivity index (χ3n) is 1.65. The number of hydrogen-bond acceptors (Lipinski definition) is 2. The molecule has 0 spiro atoms. The Morgan fingerprint density at radius 1 is 1.29 bits per heavy atom. The van der Waals surface area contributed by atoms with Gasteiger partial charge in [-0.1, -0.05) is 12.1 Å². The van der Waals surface area contributed by atoms with E-state index in [0.717, 1.165) is 12.1 Å². The van der Waals surface area contributed by atoms with E-state index >= 15 is 0 Å². The van der Waals surface area contributed by atoms with Gasteiger partial charge in [-0.25, -0.2) is 13.2 Å². The predicted octanol–water partition coefficient (Wildman–Crippen LogP) is 2.22. The number of rotatable bonds is 2. The Hall–Kier alpha value is -0.940. The average molecular weight is 228 g/mol. The first-order chi connectivity index (χ1) is 6.04. The molecule has 3 N–H and O–H groups in total. The molecule has 0 amide bonds. The van der Waals surface area contributed by atoms with Crippen LogP contribution in [0, 0.1) is 5.82 Å². The SMILES string of the molecule is Cl.N[C@H](c1cccc(F)c1O)C(F)F. The summed E-state index contributed by atoms with van der Waals surface area (Å²) in [6.45, 7) is 0. The molecule has 0 radical (unpaired) electrons. The molecule has 0 fully saturated rings. The summed E-state index contributed by atoms with van der Waals surface area (Å²) in [6.07, 6.45) is -2.83. The fourth-order valence-electron chi connectivity index (χ4n) is 0.937. The summed E-state index contributed by atoms with van der Waals surface area (Å²) in [4.78, 5) is 0. The van der Waals surface area contributed by atoms with Gasteiger partial charge in [-0.3, -0.25) is 0 Å². The minimum Gasteiger partial charge on any atom is -0.505 e. The van der Waals surface area contributed by atoms with Crippen LogP contribution in [0.5, 0.6) is 5.75 Å². The Bertz CT molecular complexity index is 309. The van der Waals surface area contributed by atoms with Gasteiger partial charge in [0.2, 0.25) is 0 Å². The molecule has 0 aromatic heterocycles. The molecule has 0 saturated carbocycles. The van der Waals surface area contributed by atoms with Crippen LogP contribution in [0.2, 0.25) is 0 Å². The number of alkyl halides is 2. The van der Waals surface area contributed by atoms with Crippen LogP contribution in [0.1, 0.15) is 11.6 Å². The third-order valence-corrected chi connectivity index (χ3v) is 1.65. The van der Waals surface area contributed by atoms with E-state index in [-0.39, 0.29) is 18.0 Å². The zero-order chi connectivity index (χ0) is 10.0. The van der Waals surface area contributed by atoms with Crippen molar-refractivity contribution in [2.24, 2.45) is 5.73 Å². The lowest BCUT2D eigenvalue weighted by molar-refractivity contribution is 0.115. The van der Waals surface area contributed by atoms with E-state index in [1.807, 2.05) is 0 Å². The number of para-hydroxylation sites is 1. The van der Waals surface area contributed by atoms with Gasteiger partial charge < -0.3 is 10.8 Å². The number of hydrogen-bond donors (Lipinski definition) is 2. The maximum atomic E-state index is 12.7. The molecule has 0 aliphatic carbocycles. The van der Waals surface area contributed by atoms with Crippen molar-refractivity contribution in [3.8, 4) is 5.75 Å². The normalized spacial score (nSPS) is 12.4. The fraction of sp³-hybridized carbons (Fsp3) is 0.250. The zero-order valence-corrected chi connectivity index (χ0v) is 7.77. The summed E-state index contributed by atoms with van der Waals surface area (Å²) in [5, 5.41) is 9.03. The van der Waals surface area contributed by atoms with Gasteiger partial charge >= 0.3 is 0 Å². The van der Waals surface area contributed by atoms with Gasteiger partial charge in [-0.15, -0.1) is 12.4 Å². The van der Waals surface area contributed by atoms with E-state index in [2.05, 4.69) is 0 Å². The zero-order valence-electron chi connectivity index (χ0n) is 6.95. The highest BCUT2D eigenvalue weighted by atomic mass is 35.5.